The van der Waals surface area contributed by atoms with Crippen LogP contribution in [-0.4, -0.2) is 26.6 Å². The molecule has 0 atom stereocenters. The van der Waals surface area contributed by atoms with Gasteiger partial charge in [0.2, 0.25) is 5.75 Å². The number of para-hydroxylation sites is 1. The van der Waals surface area contributed by atoms with E-state index in [1.54, 1.807) is 18.2 Å². The summed E-state index contributed by atoms with van der Waals surface area (Å²) in [7, 11) is 0. The van der Waals surface area contributed by atoms with Gasteiger partial charge in [0.25, 0.3) is 5.91 Å². The molecule has 0 aromatic heterocycles. The Balaban J connectivity index is 1.97. The Morgan fingerprint density at radius 2 is 1.94 bits per heavy atom. The Hall–Kier alpha value is -3.18. The first kappa shape index (κ1) is 22.5. The highest BCUT2D eigenvalue weighted by Gasteiger charge is 2.34. The zero-order valence-corrected chi connectivity index (χ0v) is 17.2. The lowest BCUT2D eigenvalue weighted by atomic mass is 10.1. The van der Waals surface area contributed by atoms with Crippen LogP contribution >= 0.6 is 24.0 Å². The zero-order chi connectivity index (χ0) is 22.8. The molecule has 0 aliphatic carbocycles. The summed E-state index contributed by atoms with van der Waals surface area (Å²) in [4.78, 5) is 24.5. The first-order valence-electron chi connectivity index (χ1n) is 8.60. The third-order valence-electron chi connectivity index (χ3n) is 4.09. The van der Waals surface area contributed by atoms with Crippen LogP contribution in [0, 0.1) is 10.1 Å². The van der Waals surface area contributed by atoms with Gasteiger partial charge in [0.15, 0.2) is 0 Å². The van der Waals surface area contributed by atoms with Crippen LogP contribution in [-0.2, 0) is 11.0 Å². The summed E-state index contributed by atoms with van der Waals surface area (Å²) in [6.45, 7) is 3.83. The molecule has 1 aliphatic rings. The van der Waals surface area contributed by atoms with Gasteiger partial charge >= 0.3 is 11.9 Å². The molecule has 2 aromatic carbocycles. The Kier molecular flexibility index (Phi) is 6.46. The number of thiocarbonyl (C=S) groups is 1. The van der Waals surface area contributed by atoms with Crippen molar-refractivity contribution >= 4 is 46.0 Å². The number of halogens is 3. The van der Waals surface area contributed by atoms with Crippen LogP contribution in [0.2, 0.25) is 0 Å². The van der Waals surface area contributed by atoms with Crippen molar-refractivity contribution in [1.29, 1.82) is 0 Å². The smallest absolute Gasteiger partial charge is 0.416 e. The Morgan fingerprint density at radius 3 is 2.58 bits per heavy atom. The van der Waals surface area contributed by atoms with Gasteiger partial charge in [-0.15, -0.1) is 6.58 Å². The quantitative estimate of drug-likeness (QED) is 0.176. The van der Waals surface area contributed by atoms with E-state index in [2.05, 4.69) is 6.58 Å². The predicted octanol–water partition coefficient (Wildman–Crippen LogP) is 5.79. The molecule has 0 saturated carbocycles. The third kappa shape index (κ3) is 4.94. The Morgan fingerprint density at radius 1 is 1.23 bits per heavy atom. The topological polar surface area (TPSA) is 72.7 Å². The van der Waals surface area contributed by atoms with Crippen LogP contribution in [0.4, 0.5) is 18.9 Å². The molecule has 3 rings (SSSR count). The number of carbonyl (C=O) groups excluding carboxylic acids is 1. The van der Waals surface area contributed by atoms with Crippen LogP contribution in [0.1, 0.15) is 11.1 Å². The number of ether oxygens (including phenoxy) is 1. The summed E-state index contributed by atoms with van der Waals surface area (Å²) in [5.74, 6) is -0.567. The van der Waals surface area contributed by atoms with Crippen molar-refractivity contribution in [3.05, 3.63) is 81.3 Å². The molecule has 160 valence electrons. The number of hydrogen-bond acceptors (Lipinski definition) is 6. The van der Waals surface area contributed by atoms with Gasteiger partial charge in [0.1, 0.15) is 10.1 Å². The van der Waals surface area contributed by atoms with E-state index >= 15 is 0 Å². The number of hydrogen-bond donors (Lipinski definition) is 0. The maximum Gasteiger partial charge on any atom is 0.416 e. The van der Waals surface area contributed by atoms with E-state index in [4.69, 9.17) is 17.0 Å². The summed E-state index contributed by atoms with van der Waals surface area (Å²) >= 11 is 6.26. The Bertz CT molecular complexity index is 1120. The average Bonchev–Trinajstić information content (AvgIpc) is 2.96. The highest BCUT2D eigenvalue weighted by Crippen LogP contribution is 2.40. The lowest BCUT2D eigenvalue weighted by Crippen LogP contribution is -2.27. The molecule has 0 spiro atoms. The zero-order valence-electron chi connectivity index (χ0n) is 15.6. The highest BCUT2D eigenvalue weighted by atomic mass is 32.2. The SMILES string of the molecule is C=CCN1C(=O)/C(=C/c2ccccc2Oc2ccc(C(F)(F)F)cc2[N+](=O)[O-])SC1=S. The predicted molar refractivity (Wildman–Crippen MR) is 115 cm³/mol. The first-order chi connectivity index (χ1) is 14.6. The molecule has 0 bridgehead atoms. The minimum absolute atomic E-state index is 0.124. The summed E-state index contributed by atoms with van der Waals surface area (Å²) < 4.78 is 44.7. The van der Waals surface area contributed by atoms with Crippen LogP contribution in [0.5, 0.6) is 11.5 Å². The van der Waals surface area contributed by atoms with Crippen molar-refractivity contribution in [3.63, 3.8) is 0 Å². The average molecular weight is 466 g/mol. The number of alkyl halides is 3. The fourth-order valence-electron chi connectivity index (χ4n) is 2.66. The number of nitro benzene ring substituents is 1. The normalized spacial score (nSPS) is 15.5. The van der Waals surface area contributed by atoms with Gasteiger partial charge in [0, 0.05) is 18.2 Å². The van der Waals surface area contributed by atoms with E-state index in [9.17, 15) is 28.1 Å². The molecule has 0 unspecified atom stereocenters. The monoisotopic (exact) mass is 466 g/mol. The fourth-order valence-corrected chi connectivity index (χ4v) is 3.93. The molecular formula is C20H13F3N2O4S2. The molecule has 1 saturated heterocycles. The summed E-state index contributed by atoms with van der Waals surface area (Å²) in [6, 6.07) is 8.34. The minimum Gasteiger partial charge on any atom is -0.449 e. The minimum atomic E-state index is -4.73. The molecular weight excluding hydrogens is 453 g/mol. The molecule has 1 fully saturated rings. The van der Waals surface area contributed by atoms with E-state index in [1.165, 1.54) is 23.1 Å². The van der Waals surface area contributed by atoms with E-state index in [1.807, 2.05) is 0 Å². The fraction of sp³-hybridized carbons (Fsp3) is 0.100. The number of benzene rings is 2. The summed E-state index contributed by atoms with van der Waals surface area (Å²) in [5.41, 5.74) is -1.59. The highest BCUT2D eigenvalue weighted by molar-refractivity contribution is 8.26. The Labute approximate surface area is 184 Å². The molecule has 11 heteroatoms. The molecule has 1 aliphatic heterocycles. The van der Waals surface area contributed by atoms with Crippen LogP contribution < -0.4 is 4.74 Å². The van der Waals surface area contributed by atoms with Crippen molar-refractivity contribution in [2.45, 2.75) is 6.18 Å². The van der Waals surface area contributed by atoms with E-state index < -0.39 is 22.4 Å². The second-order valence-corrected chi connectivity index (χ2v) is 7.83. The van der Waals surface area contributed by atoms with Crippen molar-refractivity contribution in [1.82, 2.24) is 4.90 Å². The molecule has 2 aromatic rings. The van der Waals surface area contributed by atoms with E-state index in [-0.39, 0.29) is 24.0 Å². The van der Waals surface area contributed by atoms with Crippen molar-refractivity contribution < 1.29 is 27.6 Å². The van der Waals surface area contributed by atoms with Crippen molar-refractivity contribution in [3.8, 4) is 11.5 Å². The molecule has 31 heavy (non-hydrogen) atoms. The number of carbonyl (C=O) groups is 1. The molecule has 0 radical (unpaired) electrons. The molecule has 6 nitrogen and oxygen atoms in total. The number of rotatable bonds is 6. The molecule has 1 heterocycles. The lowest BCUT2D eigenvalue weighted by Gasteiger charge is -2.12. The standard InChI is InChI=1S/C20H13F3N2O4S2/c1-2-9-24-18(26)17(31-19(24)30)10-12-5-3-4-6-15(12)29-16-8-7-13(20(21,22)23)11-14(16)25(27)28/h2-8,10-11H,1,9H2/b17-10-. The van der Waals surface area contributed by atoms with Crippen molar-refractivity contribution in [2.24, 2.45) is 0 Å². The lowest BCUT2D eigenvalue weighted by molar-refractivity contribution is -0.385. The van der Waals surface area contributed by atoms with Gasteiger partial charge < -0.3 is 4.74 Å². The molecule has 0 N–H and O–H groups in total. The number of nitro groups is 1. The van der Waals surface area contributed by atoms with Gasteiger partial charge in [-0.25, -0.2) is 0 Å². The second-order valence-electron chi connectivity index (χ2n) is 6.16. The molecule has 1 amide bonds. The number of amides is 1. The van der Waals surface area contributed by atoms with Crippen LogP contribution in [0.25, 0.3) is 6.08 Å². The largest absolute Gasteiger partial charge is 0.449 e. The van der Waals surface area contributed by atoms with Gasteiger partial charge in [-0.2, -0.15) is 13.2 Å². The summed E-state index contributed by atoms with van der Waals surface area (Å²) in [6.07, 6.45) is -1.69. The summed E-state index contributed by atoms with van der Waals surface area (Å²) in [5, 5.41) is 11.3. The van der Waals surface area contributed by atoms with E-state index in [0.717, 1.165) is 17.8 Å². The van der Waals surface area contributed by atoms with Crippen molar-refractivity contribution in [2.75, 3.05) is 6.54 Å². The van der Waals surface area contributed by atoms with Gasteiger partial charge in [-0.3, -0.25) is 19.8 Å². The number of thioether (sulfide) groups is 1. The van der Waals surface area contributed by atoms with Gasteiger partial charge in [0.05, 0.1) is 15.4 Å². The number of nitrogens with zero attached hydrogens (tertiary/aromatic N) is 2. The maximum atomic E-state index is 12.9. The first-order valence-corrected chi connectivity index (χ1v) is 9.83. The second kappa shape index (κ2) is 8.90. The van der Waals surface area contributed by atoms with E-state index in [0.29, 0.717) is 26.9 Å². The van der Waals surface area contributed by atoms with Crippen LogP contribution in [0.3, 0.4) is 0 Å². The third-order valence-corrected chi connectivity index (χ3v) is 5.47. The maximum absolute atomic E-state index is 12.9. The van der Waals surface area contributed by atoms with Crippen LogP contribution in [0.15, 0.2) is 60.0 Å². The van der Waals surface area contributed by atoms with Gasteiger partial charge in [-0.05, 0) is 24.3 Å². The van der Waals surface area contributed by atoms with Gasteiger partial charge in [-0.1, -0.05) is 48.3 Å².